The second kappa shape index (κ2) is 3.75. The molecule has 1 aliphatic heterocycles. The highest BCUT2D eigenvalue weighted by molar-refractivity contribution is 7.90. The molecule has 1 fully saturated rings. The summed E-state index contributed by atoms with van der Waals surface area (Å²) in [7, 11) is -2.77. The van der Waals surface area contributed by atoms with E-state index in [1.54, 1.807) is 0 Å². The highest BCUT2D eigenvalue weighted by Crippen LogP contribution is 2.17. The number of quaternary nitrogens is 1. The molecule has 0 amide bonds. The van der Waals surface area contributed by atoms with Crippen LogP contribution in [-0.4, -0.2) is 33.5 Å². The minimum absolute atomic E-state index is 0.377. The van der Waals surface area contributed by atoms with Gasteiger partial charge in [-0.3, -0.25) is 0 Å². The van der Waals surface area contributed by atoms with Crippen LogP contribution < -0.4 is 5.32 Å². The molecule has 0 aromatic carbocycles. The van der Waals surface area contributed by atoms with Crippen LogP contribution in [0.4, 0.5) is 0 Å². The largest absolute Gasteiger partial charge is 0.346 e. The molecule has 0 aliphatic carbocycles. The van der Waals surface area contributed by atoms with Gasteiger partial charge in [-0.05, 0) is 6.42 Å². The third-order valence-electron chi connectivity index (χ3n) is 2.65. The molecule has 0 bridgehead atoms. The van der Waals surface area contributed by atoms with Crippen LogP contribution in [0.2, 0.25) is 0 Å². The Bertz CT molecular complexity index is 235. The van der Waals surface area contributed by atoms with Gasteiger partial charge in [0.05, 0.1) is 18.8 Å². The van der Waals surface area contributed by atoms with Crippen molar-refractivity contribution in [1.82, 2.24) is 0 Å². The summed E-state index contributed by atoms with van der Waals surface area (Å²) in [6, 6.07) is 0. The van der Waals surface area contributed by atoms with Crippen molar-refractivity contribution < 1.29 is 13.7 Å². The Hall–Kier alpha value is -0.0900. The number of hydrogen-bond acceptors (Lipinski definition) is 2. The Morgan fingerprint density at radius 3 is 2.42 bits per heavy atom. The molecule has 0 saturated carbocycles. The van der Waals surface area contributed by atoms with Gasteiger partial charge in [0.1, 0.15) is 9.84 Å². The first-order valence-electron chi connectivity index (χ1n) is 4.52. The third kappa shape index (κ3) is 2.75. The zero-order chi connectivity index (χ0) is 9.19. The summed E-state index contributed by atoms with van der Waals surface area (Å²) >= 11 is 0. The zero-order valence-electron chi connectivity index (χ0n) is 7.79. The molecule has 4 heteroatoms. The summed E-state index contributed by atoms with van der Waals surface area (Å²) in [6.45, 7) is 4.24. The van der Waals surface area contributed by atoms with Gasteiger partial charge in [-0.2, -0.15) is 0 Å². The summed E-state index contributed by atoms with van der Waals surface area (Å²) in [5.41, 5.74) is 0. The van der Waals surface area contributed by atoms with Crippen molar-refractivity contribution >= 4 is 9.84 Å². The highest BCUT2D eigenvalue weighted by atomic mass is 32.2. The monoisotopic (exact) mass is 192 g/mol. The van der Waals surface area contributed by atoms with Crippen molar-refractivity contribution in [2.24, 2.45) is 11.8 Å². The molecule has 1 aliphatic rings. The van der Waals surface area contributed by atoms with Crippen molar-refractivity contribution in [3.8, 4) is 0 Å². The molecule has 2 unspecified atom stereocenters. The predicted molar refractivity (Wildman–Crippen MR) is 48.6 cm³/mol. The molecular formula is C8H18NO2S+. The van der Waals surface area contributed by atoms with Gasteiger partial charge in [0.25, 0.3) is 0 Å². The molecular weight excluding hydrogens is 174 g/mol. The molecule has 1 saturated heterocycles. The van der Waals surface area contributed by atoms with Crippen LogP contribution in [-0.2, 0) is 9.84 Å². The smallest absolute Gasteiger partial charge is 0.147 e. The van der Waals surface area contributed by atoms with E-state index in [2.05, 4.69) is 12.2 Å². The first kappa shape index (κ1) is 9.99. The van der Waals surface area contributed by atoms with E-state index in [4.69, 9.17) is 0 Å². The molecule has 1 heterocycles. The molecule has 0 aromatic rings. The van der Waals surface area contributed by atoms with Crippen molar-refractivity contribution in [3.05, 3.63) is 0 Å². The second-order valence-corrected chi connectivity index (χ2v) is 5.97. The van der Waals surface area contributed by atoms with E-state index in [1.807, 2.05) is 0 Å². The second-order valence-electron chi connectivity index (χ2n) is 3.78. The Morgan fingerprint density at radius 1 is 1.33 bits per heavy atom. The fourth-order valence-corrected chi connectivity index (χ4v) is 3.19. The van der Waals surface area contributed by atoms with Gasteiger partial charge < -0.3 is 5.32 Å². The fourth-order valence-electron chi connectivity index (χ4n) is 2.00. The molecule has 2 atom stereocenters. The van der Waals surface area contributed by atoms with Crippen LogP contribution in [0.5, 0.6) is 0 Å². The highest BCUT2D eigenvalue weighted by Gasteiger charge is 2.31. The number of sulfone groups is 1. The number of rotatable bonds is 3. The average Bonchev–Trinajstić information content (AvgIpc) is 2.31. The Kier molecular flexibility index (Phi) is 3.12. The first-order chi connectivity index (χ1) is 5.53. The van der Waals surface area contributed by atoms with Crippen molar-refractivity contribution in [2.45, 2.75) is 13.3 Å². The van der Waals surface area contributed by atoms with Crippen LogP contribution in [0.1, 0.15) is 13.3 Å². The lowest BCUT2D eigenvalue weighted by molar-refractivity contribution is -0.640. The standard InChI is InChI=1S/C8H17NO2S/c1-3-7-4-9-5-8(7)6-12(2,10)11/h7-9H,3-6H2,1-2H3/p+1. The molecule has 1 rings (SSSR count). The van der Waals surface area contributed by atoms with Crippen LogP contribution in [0.25, 0.3) is 0 Å². The van der Waals surface area contributed by atoms with Gasteiger partial charge in [0.15, 0.2) is 0 Å². The van der Waals surface area contributed by atoms with E-state index in [-0.39, 0.29) is 0 Å². The van der Waals surface area contributed by atoms with Crippen molar-refractivity contribution in [2.75, 3.05) is 25.1 Å². The van der Waals surface area contributed by atoms with Crippen molar-refractivity contribution in [3.63, 3.8) is 0 Å². The van der Waals surface area contributed by atoms with Gasteiger partial charge in [-0.25, -0.2) is 8.42 Å². The third-order valence-corrected chi connectivity index (χ3v) is 3.68. The Morgan fingerprint density at radius 2 is 1.92 bits per heavy atom. The molecule has 0 aromatic heterocycles. The maximum Gasteiger partial charge on any atom is 0.147 e. The van der Waals surface area contributed by atoms with E-state index < -0.39 is 9.84 Å². The van der Waals surface area contributed by atoms with Crippen LogP contribution >= 0.6 is 0 Å². The van der Waals surface area contributed by atoms with Gasteiger partial charge in [0, 0.05) is 18.1 Å². The van der Waals surface area contributed by atoms with Gasteiger partial charge in [-0.15, -0.1) is 0 Å². The maximum atomic E-state index is 11.0. The predicted octanol–water partition coefficient (Wildman–Crippen LogP) is -0.750. The minimum atomic E-state index is -2.77. The summed E-state index contributed by atoms with van der Waals surface area (Å²) in [5.74, 6) is 1.38. The average molecular weight is 192 g/mol. The fraction of sp³-hybridized carbons (Fsp3) is 1.00. The van der Waals surface area contributed by atoms with E-state index >= 15 is 0 Å². The molecule has 12 heavy (non-hydrogen) atoms. The lowest BCUT2D eigenvalue weighted by Gasteiger charge is -2.11. The summed E-state index contributed by atoms with van der Waals surface area (Å²) in [4.78, 5) is 0. The molecule has 3 nitrogen and oxygen atoms in total. The lowest BCUT2D eigenvalue weighted by Crippen LogP contribution is -2.81. The zero-order valence-corrected chi connectivity index (χ0v) is 8.60. The Labute approximate surface area is 74.5 Å². The summed E-state index contributed by atoms with van der Waals surface area (Å²) < 4.78 is 22.1. The summed E-state index contributed by atoms with van der Waals surface area (Å²) in [6.07, 6.45) is 2.44. The van der Waals surface area contributed by atoms with Gasteiger partial charge in [0.2, 0.25) is 0 Å². The van der Waals surface area contributed by atoms with Crippen molar-refractivity contribution in [1.29, 1.82) is 0 Å². The van der Waals surface area contributed by atoms with E-state index in [1.165, 1.54) is 6.26 Å². The molecule has 72 valence electrons. The van der Waals surface area contributed by atoms with Gasteiger partial charge in [-0.1, -0.05) is 6.92 Å². The first-order valence-corrected chi connectivity index (χ1v) is 6.58. The molecule has 0 radical (unpaired) electrons. The summed E-state index contributed by atoms with van der Waals surface area (Å²) in [5, 5.41) is 2.23. The van der Waals surface area contributed by atoms with E-state index in [0.717, 1.165) is 19.5 Å². The quantitative estimate of drug-likeness (QED) is 0.640. The van der Waals surface area contributed by atoms with Crippen LogP contribution in [0.15, 0.2) is 0 Å². The van der Waals surface area contributed by atoms with Crippen LogP contribution in [0.3, 0.4) is 0 Å². The minimum Gasteiger partial charge on any atom is -0.346 e. The van der Waals surface area contributed by atoms with E-state index in [0.29, 0.717) is 17.6 Å². The SMILES string of the molecule is CCC1C[NH2+]CC1CS(C)(=O)=O. The van der Waals surface area contributed by atoms with Gasteiger partial charge >= 0.3 is 0 Å². The number of hydrogen-bond donors (Lipinski definition) is 1. The van der Waals surface area contributed by atoms with E-state index in [9.17, 15) is 8.42 Å². The maximum absolute atomic E-state index is 11.0. The van der Waals surface area contributed by atoms with Crippen LogP contribution in [0, 0.1) is 11.8 Å². The lowest BCUT2D eigenvalue weighted by atomic mass is 9.96. The topological polar surface area (TPSA) is 50.8 Å². The molecule has 0 spiro atoms. The number of nitrogens with two attached hydrogens (primary N) is 1. The normalized spacial score (nSPS) is 30.8. The Balaban J connectivity index is 2.52. The molecule has 2 N–H and O–H groups in total.